The maximum atomic E-state index is 12.3. The zero-order valence-corrected chi connectivity index (χ0v) is 19.6. The highest BCUT2D eigenvalue weighted by Crippen LogP contribution is 2.36. The standard InChI is InChI=1S/C27H32Cl2O2/c28-24-11-13-27(14-12-24)31-18-26(30)16-21-5-2-19(3-6-21)1-4-20-7-8-23-17-25(29)10-9-22(23)15-20/h9-14,17,19-21H,1-8,15-16,18H2. The summed E-state index contributed by atoms with van der Waals surface area (Å²) in [5.74, 6) is 3.10. The van der Waals surface area contributed by atoms with Crippen molar-refractivity contribution in [3.8, 4) is 5.75 Å². The Morgan fingerprint density at radius 2 is 1.48 bits per heavy atom. The van der Waals surface area contributed by atoms with E-state index in [1.807, 2.05) is 6.07 Å². The van der Waals surface area contributed by atoms with Crippen molar-refractivity contribution in [1.29, 1.82) is 0 Å². The number of fused-ring (bicyclic) bond motifs is 1. The van der Waals surface area contributed by atoms with Crippen LogP contribution < -0.4 is 4.74 Å². The van der Waals surface area contributed by atoms with Gasteiger partial charge >= 0.3 is 0 Å². The number of aryl methyl sites for hydroxylation is 1. The molecule has 0 N–H and O–H groups in total. The maximum Gasteiger partial charge on any atom is 0.170 e. The number of hydrogen-bond acceptors (Lipinski definition) is 2. The van der Waals surface area contributed by atoms with Crippen LogP contribution in [0.25, 0.3) is 0 Å². The molecular weight excluding hydrogens is 427 g/mol. The van der Waals surface area contributed by atoms with Gasteiger partial charge in [0.2, 0.25) is 0 Å². The highest BCUT2D eigenvalue weighted by Gasteiger charge is 2.25. The Labute approximate surface area is 196 Å². The number of ether oxygens (including phenoxy) is 1. The Balaban J connectivity index is 1.13. The van der Waals surface area contributed by atoms with Crippen molar-refractivity contribution in [2.45, 2.75) is 64.2 Å². The van der Waals surface area contributed by atoms with Crippen LogP contribution in [0.1, 0.15) is 62.5 Å². The van der Waals surface area contributed by atoms with Crippen molar-refractivity contribution in [3.05, 3.63) is 63.6 Å². The summed E-state index contributed by atoms with van der Waals surface area (Å²) < 4.78 is 5.61. The van der Waals surface area contributed by atoms with E-state index >= 15 is 0 Å². The molecule has 0 bridgehead atoms. The molecule has 4 rings (SSSR count). The van der Waals surface area contributed by atoms with Crippen molar-refractivity contribution in [2.75, 3.05) is 6.61 Å². The molecule has 0 spiro atoms. The Hall–Kier alpha value is -1.51. The third-order valence-corrected chi connectivity index (χ3v) is 7.67. The number of halogens is 2. The van der Waals surface area contributed by atoms with Crippen LogP contribution in [0.15, 0.2) is 42.5 Å². The van der Waals surface area contributed by atoms with Gasteiger partial charge in [0.05, 0.1) is 0 Å². The summed E-state index contributed by atoms with van der Waals surface area (Å²) in [5.41, 5.74) is 2.96. The molecule has 2 nitrogen and oxygen atoms in total. The van der Waals surface area contributed by atoms with Crippen LogP contribution in [0.3, 0.4) is 0 Å². The fraction of sp³-hybridized carbons (Fsp3) is 0.519. The number of hydrogen-bond donors (Lipinski definition) is 0. The number of Topliss-reactive ketones (excluding diaryl/α,β-unsaturated/α-hetero) is 1. The molecule has 2 aliphatic carbocycles. The smallest absolute Gasteiger partial charge is 0.170 e. The molecular formula is C27H32Cl2O2. The zero-order valence-electron chi connectivity index (χ0n) is 18.1. The maximum absolute atomic E-state index is 12.3. The zero-order chi connectivity index (χ0) is 21.6. The topological polar surface area (TPSA) is 26.3 Å². The molecule has 4 heteroatoms. The lowest BCUT2D eigenvalue weighted by Crippen LogP contribution is -2.21. The third-order valence-electron chi connectivity index (χ3n) is 7.18. The normalized spacial score (nSPS) is 23.2. The number of ketones is 1. The van der Waals surface area contributed by atoms with Crippen LogP contribution >= 0.6 is 23.2 Å². The van der Waals surface area contributed by atoms with Gasteiger partial charge in [-0.15, -0.1) is 0 Å². The van der Waals surface area contributed by atoms with Gasteiger partial charge in [0.1, 0.15) is 12.4 Å². The Morgan fingerprint density at radius 3 is 2.26 bits per heavy atom. The second kappa shape index (κ2) is 10.9. The predicted octanol–water partition coefficient (Wildman–Crippen LogP) is 7.72. The van der Waals surface area contributed by atoms with E-state index in [0.29, 0.717) is 23.1 Å². The number of carbonyl (C=O) groups is 1. The first kappa shape index (κ1) is 22.7. The Kier molecular flexibility index (Phi) is 7.96. The summed E-state index contributed by atoms with van der Waals surface area (Å²) in [6.07, 6.45) is 11.9. The highest BCUT2D eigenvalue weighted by molar-refractivity contribution is 6.30. The van der Waals surface area contributed by atoms with Crippen LogP contribution in [0.4, 0.5) is 0 Å². The van der Waals surface area contributed by atoms with E-state index in [-0.39, 0.29) is 12.4 Å². The van der Waals surface area contributed by atoms with Gasteiger partial charge in [0, 0.05) is 16.5 Å². The molecule has 0 aliphatic heterocycles. The van der Waals surface area contributed by atoms with Gasteiger partial charge in [-0.1, -0.05) is 48.5 Å². The first-order valence-electron chi connectivity index (χ1n) is 11.7. The van der Waals surface area contributed by atoms with Crippen LogP contribution in [-0.2, 0) is 17.6 Å². The number of benzene rings is 2. The molecule has 166 valence electrons. The first-order chi connectivity index (χ1) is 15.0. The summed E-state index contributed by atoms with van der Waals surface area (Å²) in [5, 5.41) is 1.54. The van der Waals surface area contributed by atoms with E-state index in [1.54, 1.807) is 24.3 Å². The lowest BCUT2D eigenvalue weighted by atomic mass is 9.75. The molecule has 1 atom stereocenters. The molecule has 2 aliphatic rings. The summed E-state index contributed by atoms with van der Waals surface area (Å²) in [6, 6.07) is 13.6. The van der Waals surface area contributed by atoms with Crippen LogP contribution in [0.5, 0.6) is 5.75 Å². The molecule has 0 radical (unpaired) electrons. The molecule has 0 saturated heterocycles. The van der Waals surface area contributed by atoms with Crippen LogP contribution in [0, 0.1) is 17.8 Å². The average Bonchev–Trinajstić information content (AvgIpc) is 2.78. The van der Waals surface area contributed by atoms with Gasteiger partial charge in [-0.25, -0.2) is 0 Å². The minimum atomic E-state index is 0.163. The lowest BCUT2D eigenvalue weighted by Gasteiger charge is -2.30. The van der Waals surface area contributed by atoms with Crippen LogP contribution in [-0.4, -0.2) is 12.4 Å². The van der Waals surface area contributed by atoms with E-state index in [1.165, 1.54) is 68.9 Å². The molecule has 1 fully saturated rings. The predicted molar refractivity (Wildman–Crippen MR) is 128 cm³/mol. The SMILES string of the molecule is O=C(COc1ccc(Cl)cc1)CC1CCC(CCC2CCc3cc(Cl)ccc3C2)CC1. The monoisotopic (exact) mass is 458 g/mol. The Bertz CT molecular complexity index is 869. The minimum Gasteiger partial charge on any atom is -0.486 e. The van der Waals surface area contributed by atoms with E-state index in [2.05, 4.69) is 12.1 Å². The summed E-state index contributed by atoms with van der Waals surface area (Å²) >= 11 is 12.0. The quantitative estimate of drug-likeness (QED) is 0.404. The largest absolute Gasteiger partial charge is 0.486 e. The van der Waals surface area contributed by atoms with Crippen molar-refractivity contribution < 1.29 is 9.53 Å². The summed E-state index contributed by atoms with van der Waals surface area (Å²) in [6.45, 7) is 0.163. The second-order valence-corrected chi connectivity index (χ2v) is 10.3. The fourth-order valence-corrected chi connectivity index (χ4v) is 5.64. The van der Waals surface area contributed by atoms with Crippen LogP contribution in [0.2, 0.25) is 10.0 Å². The number of carbonyl (C=O) groups excluding carboxylic acids is 1. The van der Waals surface area contributed by atoms with Gasteiger partial charge in [0.15, 0.2) is 5.78 Å². The molecule has 1 saturated carbocycles. The van der Waals surface area contributed by atoms with Gasteiger partial charge in [-0.3, -0.25) is 4.79 Å². The molecule has 2 aromatic carbocycles. The Morgan fingerprint density at radius 1 is 0.806 bits per heavy atom. The highest BCUT2D eigenvalue weighted by atomic mass is 35.5. The summed E-state index contributed by atoms with van der Waals surface area (Å²) in [7, 11) is 0. The van der Waals surface area contributed by atoms with Gasteiger partial charge in [-0.2, -0.15) is 0 Å². The first-order valence-corrected chi connectivity index (χ1v) is 12.5. The molecule has 0 aromatic heterocycles. The van der Waals surface area contributed by atoms with Crippen molar-refractivity contribution in [1.82, 2.24) is 0 Å². The van der Waals surface area contributed by atoms with Gasteiger partial charge < -0.3 is 4.74 Å². The summed E-state index contributed by atoms with van der Waals surface area (Å²) in [4.78, 5) is 12.3. The van der Waals surface area contributed by atoms with Crippen molar-refractivity contribution in [2.24, 2.45) is 17.8 Å². The van der Waals surface area contributed by atoms with E-state index < -0.39 is 0 Å². The molecule has 31 heavy (non-hydrogen) atoms. The van der Waals surface area contributed by atoms with E-state index in [0.717, 1.165) is 16.9 Å². The van der Waals surface area contributed by atoms with Gasteiger partial charge in [-0.05, 0) is 104 Å². The van der Waals surface area contributed by atoms with Crippen molar-refractivity contribution >= 4 is 29.0 Å². The minimum absolute atomic E-state index is 0.163. The molecule has 0 amide bonds. The molecule has 1 unspecified atom stereocenters. The molecule has 2 aromatic rings. The second-order valence-electron chi connectivity index (χ2n) is 9.47. The van der Waals surface area contributed by atoms with E-state index in [9.17, 15) is 4.79 Å². The lowest BCUT2D eigenvalue weighted by molar-refractivity contribution is -0.122. The fourth-order valence-electron chi connectivity index (χ4n) is 5.32. The van der Waals surface area contributed by atoms with E-state index in [4.69, 9.17) is 27.9 Å². The van der Waals surface area contributed by atoms with Gasteiger partial charge in [0.25, 0.3) is 0 Å². The average molecular weight is 459 g/mol. The van der Waals surface area contributed by atoms with Crippen molar-refractivity contribution in [3.63, 3.8) is 0 Å². The number of rotatable bonds is 8. The third kappa shape index (κ3) is 6.73. The molecule has 0 heterocycles.